The highest BCUT2D eigenvalue weighted by Crippen LogP contribution is 2.25. The fourth-order valence-electron chi connectivity index (χ4n) is 2.61. The number of amides is 1. The average Bonchev–Trinajstić information content (AvgIpc) is 2.48. The Hall–Kier alpha value is -1.29. The number of thioether (sulfide) groups is 1. The van der Waals surface area contributed by atoms with Crippen LogP contribution in [0, 0.1) is 0 Å². The Morgan fingerprint density at radius 2 is 1.95 bits per heavy atom. The zero-order chi connectivity index (χ0) is 15.2. The number of benzene rings is 1. The molecular weight excluding hydrogens is 282 g/mol. The van der Waals surface area contributed by atoms with E-state index in [1.165, 1.54) is 31.0 Å². The van der Waals surface area contributed by atoms with Gasteiger partial charge in [-0.25, -0.2) is 0 Å². The van der Waals surface area contributed by atoms with Crippen molar-refractivity contribution < 1.29 is 9.59 Å². The van der Waals surface area contributed by atoms with Gasteiger partial charge in [0.15, 0.2) is 5.78 Å². The van der Waals surface area contributed by atoms with Crippen molar-refractivity contribution in [2.24, 2.45) is 0 Å². The van der Waals surface area contributed by atoms with Gasteiger partial charge in [-0.1, -0.05) is 31.4 Å². The summed E-state index contributed by atoms with van der Waals surface area (Å²) in [6, 6.07) is 7.82. The van der Waals surface area contributed by atoms with Crippen LogP contribution in [0.1, 0.15) is 56.3 Å². The van der Waals surface area contributed by atoms with Gasteiger partial charge in [-0.3, -0.25) is 9.59 Å². The first-order valence-corrected chi connectivity index (χ1v) is 8.52. The van der Waals surface area contributed by atoms with Gasteiger partial charge in [0.2, 0.25) is 5.91 Å². The first-order valence-electron chi connectivity index (χ1n) is 7.64. The summed E-state index contributed by atoms with van der Waals surface area (Å²) in [5.74, 6) is 0.150. The van der Waals surface area contributed by atoms with E-state index < -0.39 is 0 Å². The van der Waals surface area contributed by atoms with Crippen LogP contribution in [0.3, 0.4) is 0 Å². The van der Waals surface area contributed by atoms with Crippen molar-refractivity contribution in [3.63, 3.8) is 0 Å². The normalized spacial score (nSPS) is 17.2. The van der Waals surface area contributed by atoms with Crippen LogP contribution < -0.4 is 5.32 Å². The van der Waals surface area contributed by atoms with Crippen molar-refractivity contribution in [2.75, 3.05) is 0 Å². The fourth-order valence-corrected chi connectivity index (χ4v) is 3.55. The van der Waals surface area contributed by atoms with E-state index in [2.05, 4.69) is 5.32 Å². The van der Waals surface area contributed by atoms with Gasteiger partial charge < -0.3 is 5.32 Å². The van der Waals surface area contributed by atoms with Gasteiger partial charge >= 0.3 is 0 Å². The third-order valence-electron chi connectivity index (χ3n) is 3.87. The number of nitrogens with one attached hydrogen (secondary N) is 1. The van der Waals surface area contributed by atoms with Crippen molar-refractivity contribution in [3.8, 4) is 0 Å². The SMILES string of the molecule is CC(=O)c1cccc(SC(C)C(=O)NC2CCCCC2)c1. The van der Waals surface area contributed by atoms with Gasteiger partial charge in [-0.15, -0.1) is 11.8 Å². The highest BCUT2D eigenvalue weighted by molar-refractivity contribution is 8.00. The van der Waals surface area contributed by atoms with Crippen molar-refractivity contribution >= 4 is 23.5 Å². The van der Waals surface area contributed by atoms with Gasteiger partial charge in [0, 0.05) is 16.5 Å². The van der Waals surface area contributed by atoms with Crippen molar-refractivity contribution in [1.82, 2.24) is 5.32 Å². The Morgan fingerprint density at radius 3 is 2.62 bits per heavy atom. The number of carbonyl (C=O) groups is 2. The summed E-state index contributed by atoms with van der Waals surface area (Å²) >= 11 is 1.51. The summed E-state index contributed by atoms with van der Waals surface area (Å²) in [6.45, 7) is 3.48. The van der Waals surface area contributed by atoms with Gasteiger partial charge in [0.05, 0.1) is 5.25 Å². The molecule has 2 rings (SSSR count). The lowest BCUT2D eigenvalue weighted by molar-refractivity contribution is -0.121. The molecule has 1 aromatic rings. The van der Waals surface area contributed by atoms with Crippen molar-refractivity contribution in [1.29, 1.82) is 0 Å². The van der Waals surface area contributed by atoms with Gasteiger partial charge in [0.25, 0.3) is 0 Å². The molecule has 21 heavy (non-hydrogen) atoms. The second kappa shape index (κ2) is 7.64. The maximum absolute atomic E-state index is 12.2. The molecule has 1 aliphatic carbocycles. The molecule has 0 saturated heterocycles. The van der Waals surface area contributed by atoms with Crippen LogP contribution in [0.15, 0.2) is 29.2 Å². The monoisotopic (exact) mass is 305 g/mol. The number of hydrogen-bond acceptors (Lipinski definition) is 3. The van der Waals surface area contributed by atoms with E-state index in [9.17, 15) is 9.59 Å². The van der Waals surface area contributed by atoms with Crippen LogP contribution in [-0.4, -0.2) is 23.0 Å². The van der Waals surface area contributed by atoms with Gasteiger partial charge in [0.1, 0.15) is 0 Å². The third kappa shape index (κ3) is 4.88. The molecule has 1 N–H and O–H groups in total. The molecule has 1 atom stereocenters. The average molecular weight is 305 g/mol. The number of ketones is 1. The molecule has 1 saturated carbocycles. The van der Waals surface area contributed by atoms with E-state index in [0.717, 1.165) is 17.7 Å². The van der Waals surface area contributed by atoms with E-state index in [1.54, 1.807) is 13.0 Å². The molecule has 1 aliphatic rings. The van der Waals surface area contributed by atoms with E-state index in [0.29, 0.717) is 11.6 Å². The number of carbonyl (C=O) groups excluding carboxylic acids is 2. The van der Waals surface area contributed by atoms with E-state index in [4.69, 9.17) is 0 Å². The van der Waals surface area contributed by atoms with Crippen LogP contribution in [-0.2, 0) is 4.79 Å². The highest BCUT2D eigenvalue weighted by Gasteiger charge is 2.20. The first-order chi connectivity index (χ1) is 10.1. The van der Waals surface area contributed by atoms with Crippen molar-refractivity contribution in [2.45, 2.75) is 62.1 Å². The molecule has 1 amide bonds. The molecule has 0 bridgehead atoms. The lowest BCUT2D eigenvalue weighted by Gasteiger charge is -2.24. The first kappa shape index (κ1) is 16.1. The molecule has 1 fully saturated rings. The minimum atomic E-state index is -0.144. The predicted octanol–water partition coefficient (Wildman–Crippen LogP) is 3.82. The summed E-state index contributed by atoms with van der Waals surface area (Å²) in [6.07, 6.45) is 5.92. The van der Waals surface area contributed by atoms with Crippen molar-refractivity contribution in [3.05, 3.63) is 29.8 Å². The lowest BCUT2D eigenvalue weighted by atomic mass is 9.95. The fraction of sp³-hybridized carbons (Fsp3) is 0.529. The zero-order valence-corrected chi connectivity index (χ0v) is 13.5. The molecule has 0 aliphatic heterocycles. The van der Waals surface area contributed by atoms with Gasteiger partial charge in [-0.2, -0.15) is 0 Å². The second-order valence-electron chi connectivity index (χ2n) is 5.69. The molecular formula is C17H23NO2S. The number of Topliss-reactive ketones (excluding diaryl/α,β-unsaturated/α-hetero) is 1. The quantitative estimate of drug-likeness (QED) is 0.664. The maximum Gasteiger partial charge on any atom is 0.233 e. The summed E-state index contributed by atoms with van der Waals surface area (Å²) in [5.41, 5.74) is 0.694. The molecule has 4 heteroatoms. The number of rotatable bonds is 5. The molecule has 0 heterocycles. The topological polar surface area (TPSA) is 46.2 Å². The Morgan fingerprint density at radius 1 is 1.24 bits per heavy atom. The van der Waals surface area contributed by atoms with Crippen LogP contribution in [0.5, 0.6) is 0 Å². The summed E-state index contributed by atoms with van der Waals surface area (Å²) in [7, 11) is 0. The Kier molecular flexibility index (Phi) is 5.85. The minimum absolute atomic E-state index is 0.0526. The van der Waals surface area contributed by atoms with E-state index >= 15 is 0 Å². The third-order valence-corrected chi connectivity index (χ3v) is 4.97. The Labute approximate surface area is 130 Å². The van der Waals surface area contributed by atoms with Crippen LogP contribution >= 0.6 is 11.8 Å². The Balaban J connectivity index is 1.90. The summed E-state index contributed by atoms with van der Waals surface area (Å²) in [5, 5.41) is 3.01. The van der Waals surface area contributed by atoms with Crippen LogP contribution in [0.25, 0.3) is 0 Å². The molecule has 0 aromatic heterocycles. The zero-order valence-electron chi connectivity index (χ0n) is 12.7. The molecule has 1 aromatic carbocycles. The maximum atomic E-state index is 12.2. The highest BCUT2D eigenvalue weighted by atomic mass is 32.2. The molecule has 0 spiro atoms. The molecule has 1 unspecified atom stereocenters. The molecule has 0 radical (unpaired) electrons. The minimum Gasteiger partial charge on any atom is -0.352 e. The smallest absolute Gasteiger partial charge is 0.233 e. The predicted molar refractivity (Wildman–Crippen MR) is 86.8 cm³/mol. The second-order valence-corrected chi connectivity index (χ2v) is 7.10. The van der Waals surface area contributed by atoms with E-state index in [1.807, 2.05) is 25.1 Å². The Bertz CT molecular complexity index is 509. The summed E-state index contributed by atoms with van der Waals surface area (Å²) in [4.78, 5) is 24.6. The number of hydrogen-bond donors (Lipinski definition) is 1. The van der Waals surface area contributed by atoms with Crippen LogP contribution in [0.2, 0.25) is 0 Å². The summed E-state index contributed by atoms with van der Waals surface area (Å²) < 4.78 is 0. The van der Waals surface area contributed by atoms with Gasteiger partial charge in [-0.05, 0) is 38.8 Å². The molecule has 3 nitrogen and oxygen atoms in total. The van der Waals surface area contributed by atoms with Crippen LogP contribution in [0.4, 0.5) is 0 Å². The lowest BCUT2D eigenvalue weighted by Crippen LogP contribution is -2.40. The molecule has 114 valence electrons. The van der Waals surface area contributed by atoms with E-state index in [-0.39, 0.29) is 16.9 Å². The largest absolute Gasteiger partial charge is 0.352 e. The standard InChI is InChI=1S/C17H23NO2S/c1-12(19)14-7-6-10-16(11-14)21-13(2)17(20)18-15-8-4-3-5-9-15/h6-7,10-11,13,15H,3-5,8-9H2,1-2H3,(H,18,20).